The van der Waals surface area contributed by atoms with Crippen LogP contribution in [-0.4, -0.2) is 30.4 Å². The van der Waals surface area contributed by atoms with Crippen LogP contribution in [0.2, 0.25) is 0 Å². The fourth-order valence-corrected chi connectivity index (χ4v) is 1.73. The van der Waals surface area contributed by atoms with Crippen molar-refractivity contribution in [3.8, 4) is 0 Å². The van der Waals surface area contributed by atoms with Gasteiger partial charge in [-0.15, -0.1) is 0 Å². The molecule has 0 amide bonds. The number of hydrogen-bond donors (Lipinski definition) is 1. The first-order valence-corrected chi connectivity index (χ1v) is 6.11. The zero-order chi connectivity index (χ0) is 16.9. The Morgan fingerprint density at radius 3 is 2.36 bits per heavy atom. The van der Waals surface area contributed by atoms with Crippen LogP contribution in [0, 0.1) is 13.8 Å². The molecule has 120 valence electrons. The van der Waals surface area contributed by atoms with E-state index in [2.05, 4.69) is 14.8 Å². The maximum Gasteiger partial charge on any atom is 0.673 e. The van der Waals surface area contributed by atoms with Gasteiger partial charge in [0.2, 0.25) is 12.4 Å². The molecule has 0 aromatic carbocycles. The van der Waals surface area contributed by atoms with E-state index < -0.39 is 13.2 Å². The van der Waals surface area contributed by atoms with Crippen molar-refractivity contribution in [3.05, 3.63) is 29.9 Å². The molecule has 2 aromatic heterocycles. The molecular formula is C12H14BF4N3O2. The van der Waals surface area contributed by atoms with Gasteiger partial charge in [0.1, 0.15) is 6.20 Å². The Labute approximate surface area is 123 Å². The van der Waals surface area contributed by atoms with Crippen molar-refractivity contribution < 1.29 is 31.5 Å². The van der Waals surface area contributed by atoms with Crippen molar-refractivity contribution in [2.75, 3.05) is 7.11 Å². The monoisotopic (exact) mass is 319 g/mol. The summed E-state index contributed by atoms with van der Waals surface area (Å²) in [6.45, 7) is 4.01. The summed E-state index contributed by atoms with van der Waals surface area (Å²) in [5.41, 5.74) is 2.18. The van der Waals surface area contributed by atoms with Gasteiger partial charge in [-0.05, 0) is 18.9 Å². The largest absolute Gasteiger partial charge is 0.673 e. The molecule has 2 heterocycles. The van der Waals surface area contributed by atoms with Crippen LogP contribution in [0.3, 0.4) is 0 Å². The second kappa shape index (κ2) is 7.05. The van der Waals surface area contributed by atoms with Crippen LogP contribution < -0.4 is 4.68 Å². The number of aromatic nitrogens is 3. The molecule has 0 unspecified atom stereocenters. The summed E-state index contributed by atoms with van der Waals surface area (Å²) in [7, 11) is -4.66. The van der Waals surface area contributed by atoms with Crippen LogP contribution in [0.1, 0.15) is 11.4 Å². The molecule has 0 fully saturated rings. The second-order valence-corrected chi connectivity index (χ2v) is 4.29. The normalized spacial score (nSPS) is 11.4. The van der Waals surface area contributed by atoms with Gasteiger partial charge in [-0.3, -0.25) is 0 Å². The average Bonchev–Trinajstić information content (AvgIpc) is 2.69. The van der Waals surface area contributed by atoms with E-state index in [1.165, 1.54) is 13.2 Å². The Balaban J connectivity index is 0.000000422. The summed E-state index contributed by atoms with van der Waals surface area (Å²) >= 11 is 0. The minimum Gasteiger partial charge on any atom is -0.466 e. The summed E-state index contributed by atoms with van der Waals surface area (Å²) in [4.78, 5) is 14.2. The van der Waals surface area contributed by atoms with Gasteiger partial charge < -0.3 is 27.0 Å². The fourth-order valence-electron chi connectivity index (χ4n) is 1.73. The summed E-state index contributed by atoms with van der Waals surface area (Å²) in [6, 6.07) is 0. The van der Waals surface area contributed by atoms with Gasteiger partial charge in [0, 0.05) is 16.8 Å². The lowest BCUT2D eigenvalue weighted by Gasteiger charge is -1.94. The maximum atomic E-state index is 11.0. The third-order valence-corrected chi connectivity index (χ3v) is 2.62. The van der Waals surface area contributed by atoms with Crippen LogP contribution in [-0.2, 0) is 9.53 Å². The van der Waals surface area contributed by atoms with Gasteiger partial charge in [-0.1, -0.05) is 4.68 Å². The van der Waals surface area contributed by atoms with Crippen LogP contribution >= 0.6 is 0 Å². The minimum absolute atomic E-state index is 0.402. The van der Waals surface area contributed by atoms with Gasteiger partial charge in [0.15, 0.2) is 0 Å². The molecule has 0 aliphatic heterocycles. The summed E-state index contributed by atoms with van der Waals surface area (Å²) in [6.07, 6.45) is 6.53. The predicted octanol–water partition coefficient (Wildman–Crippen LogP) is 2.41. The van der Waals surface area contributed by atoms with Gasteiger partial charge in [0.05, 0.1) is 18.6 Å². The average molecular weight is 319 g/mol. The lowest BCUT2D eigenvalue weighted by atomic mass is 10.2. The van der Waals surface area contributed by atoms with E-state index >= 15 is 0 Å². The maximum absolute atomic E-state index is 11.0. The van der Waals surface area contributed by atoms with E-state index in [1.807, 2.05) is 20.0 Å². The summed E-state index contributed by atoms with van der Waals surface area (Å²) < 4.78 is 45.1. The lowest BCUT2D eigenvalue weighted by Crippen LogP contribution is -2.30. The SMILES string of the molecule is COC(=O)C=C[n+]1cc2c(C)[nH]c(C)c2cn1.F[B-](F)(F)F. The van der Waals surface area contributed by atoms with E-state index in [0.717, 1.165) is 22.2 Å². The number of ether oxygens (including phenoxy) is 1. The number of carbonyl (C=O) groups excluding carboxylic acids is 1. The summed E-state index contributed by atoms with van der Waals surface area (Å²) in [5, 5.41) is 6.37. The molecule has 0 saturated heterocycles. The highest BCUT2D eigenvalue weighted by Gasteiger charge is 2.20. The Hall–Kier alpha value is -2.39. The molecule has 2 aromatic rings. The topological polar surface area (TPSA) is 58.9 Å². The van der Waals surface area contributed by atoms with E-state index in [0.29, 0.717) is 0 Å². The summed E-state index contributed by atoms with van der Waals surface area (Å²) in [5.74, 6) is -0.402. The first-order valence-electron chi connectivity index (χ1n) is 6.11. The molecule has 22 heavy (non-hydrogen) atoms. The molecule has 0 radical (unpaired) electrons. The molecule has 0 aliphatic rings. The molecule has 0 spiro atoms. The number of nitrogens with one attached hydrogen (secondary N) is 1. The second-order valence-electron chi connectivity index (χ2n) is 4.29. The molecule has 1 N–H and O–H groups in total. The Morgan fingerprint density at radius 1 is 1.27 bits per heavy atom. The van der Waals surface area contributed by atoms with Crippen LogP contribution in [0.15, 0.2) is 18.5 Å². The number of hydrogen-bond acceptors (Lipinski definition) is 3. The number of esters is 1. The highest BCUT2D eigenvalue weighted by atomic mass is 19.5. The number of aryl methyl sites for hydroxylation is 2. The van der Waals surface area contributed by atoms with Crippen molar-refractivity contribution in [2.24, 2.45) is 0 Å². The highest BCUT2D eigenvalue weighted by Crippen LogP contribution is 2.18. The first kappa shape index (κ1) is 17.7. The molecule has 10 heteroatoms. The predicted molar refractivity (Wildman–Crippen MR) is 73.3 cm³/mol. The molecule has 0 atom stereocenters. The van der Waals surface area contributed by atoms with Crippen molar-refractivity contribution in [1.29, 1.82) is 0 Å². The van der Waals surface area contributed by atoms with Crippen LogP contribution in [0.4, 0.5) is 17.3 Å². The smallest absolute Gasteiger partial charge is 0.466 e. The van der Waals surface area contributed by atoms with Gasteiger partial charge in [-0.25, -0.2) is 4.79 Å². The van der Waals surface area contributed by atoms with E-state index in [4.69, 9.17) is 0 Å². The van der Waals surface area contributed by atoms with Crippen LogP contribution in [0.25, 0.3) is 17.0 Å². The number of fused-ring (bicyclic) bond motifs is 1. The number of aromatic amines is 1. The quantitative estimate of drug-likeness (QED) is 0.304. The molecule has 0 saturated carbocycles. The number of rotatable bonds is 2. The lowest BCUT2D eigenvalue weighted by molar-refractivity contribution is -0.632. The number of carbonyl (C=O) groups is 1. The Kier molecular flexibility index (Phi) is 5.66. The first-order chi connectivity index (χ1) is 10.1. The molecule has 0 bridgehead atoms. The fraction of sp³-hybridized carbons (Fsp3) is 0.250. The minimum atomic E-state index is -6.00. The zero-order valence-corrected chi connectivity index (χ0v) is 12.1. The third kappa shape index (κ3) is 5.54. The number of methoxy groups -OCH3 is 1. The number of H-pyrrole nitrogens is 1. The van der Waals surface area contributed by atoms with E-state index in [9.17, 15) is 22.1 Å². The van der Waals surface area contributed by atoms with Crippen LogP contribution in [0.5, 0.6) is 0 Å². The van der Waals surface area contributed by atoms with Gasteiger partial charge >= 0.3 is 13.2 Å². The van der Waals surface area contributed by atoms with Gasteiger partial charge in [0.25, 0.3) is 0 Å². The third-order valence-electron chi connectivity index (χ3n) is 2.62. The van der Waals surface area contributed by atoms with Crippen molar-refractivity contribution in [2.45, 2.75) is 13.8 Å². The number of nitrogens with zero attached hydrogens (tertiary/aromatic N) is 2. The number of halogens is 4. The zero-order valence-electron chi connectivity index (χ0n) is 12.1. The van der Waals surface area contributed by atoms with Crippen molar-refractivity contribution in [1.82, 2.24) is 10.1 Å². The molecule has 0 aliphatic carbocycles. The van der Waals surface area contributed by atoms with E-state index in [-0.39, 0.29) is 0 Å². The standard InChI is InChI=1S/C12H13N3O2.BF4/c1-8-10-6-13-15(5-4-12(16)17-3)7-11(10)9(2)14-8;2-1(3,4)5/h4-7H,1-3H3;/q;-1/p+1. The van der Waals surface area contributed by atoms with E-state index in [1.54, 1.807) is 17.1 Å². The van der Waals surface area contributed by atoms with Gasteiger partial charge in [-0.2, -0.15) is 0 Å². The molecule has 2 rings (SSSR count). The Bertz CT molecular complexity index is 691. The van der Waals surface area contributed by atoms with Crippen molar-refractivity contribution >= 4 is 30.2 Å². The Morgan fingerprint density at radius 2 is 1.82 bits per heavy atom. The van der Waals surface area contributed by atoms with Crippen molar-refractivity contribution in [3.63, 3.8) is 0 Å². The highest BCUT2D eigenvalue weighted by molar-refractivity contribution is 6.50. The molecular weight excluding hydrogens is 305 g/mol. The molecule has 5 nitrogen and oxygen atoms in total.